The van der Waals surface area contributed by atoms with Crippen molar-refractivity contribution < 1.29 is 27.5 Å². The quantitative estimate of drug-likeness (QED) is 0.393. The van der Waals surface area contributed by atoms with Crippen LogP contribution in [0.4, 0.5) is 4.79 Å². The predicted octanol–water partition coefficient (Wildman–Crippen LogP) is 3.25. The second kappa shape index (κ2) is 14.2. The molecule has 1 unspecified atom stereocenters. The second-order valence-electron chi connectivity index (χ2n) is 8.06. The van der Waals surface area contributed by atoms with Gasteiger partial charge in [-0.15, -0.1) is 0 Å². The summed E-state index contributed by atoms with van der Waals surface area (Å²) in [5, 5.41) is 5.25. The Bertz CT molecular complexity index is 994. The molecule has 0 aliphatic heterocycles. The maximum atomic E-state index is 12.7. The van der Waals surface area contributed by atoms with Crippen molar-refractivity contribution in [2.75, 3.05) is 25.2 Å². The number of ether oxygens (including phenoxy) is 2. The van der Waals surface area contributed by atoms with E-state index < -0.39 is 27.9 Å². The van der Waals surface area contributed by atoms with Crippen molar-refractivity contribution >= 4 is 21.8 Å². The van der Waals surface area contributed by atoms with Crippen molar-refractivity contribution in [2.45, 2.75) is 45.3 Å². The minimum absolute atomic E-state index is 0.0467. The zero-order valence-corrected chi connectivity index (χ0v) is 20.6. The fourth-order valence-electron chi connectivity index (χ4n) is 3.05. The Hall–Kier alpha value is -3.07. The van der Waals surface area contributed by atoms with E-state index in [1.54, 1.807) is 0 Å². The molecule has 0 spiro atoms. The number of amides is 2. The molecule has 34 heavy (non-hydrogen) atoms. The van der Waals surface area contributed by atoms with E-state index in [1.807, 2.05) is 54.6 Å². The molecule has 8 nitrogen and oxygen atoms in total. The SMILES string of the molecule is CCCCOc1ccc(CCNC(=O)C(CCS(C)(=O)=O)NC(=O)OCc2ccccc2)cc1. The van der Waals surface area contributed by atoms with Crippen LogP contribution >= 0.6 is 0 Å². The summed E-state index contributed by atoms with van der Waals surface area (Å²) in [6, 6.07) is 15.8. The first kappa shape index (κ1) is 27.2. The van der Waals surface area contributed by atoms with Gasteiger partial charge in [0.15, 0.2) is 0 Å². The first-order valence-corrected chi connectivity index (χ1v) is 13.5. The summed E-state index contributed by atoms with van der Waals surface area (Å²) in [6.45, 7) is 3.17. The predicted molar refractivity (Wildman–Crippen MR) is 131 cm³/mol. The van der Waals surface area contributed by atoms with Gasteiger partial charge < -0.3 is 20.1 Å². The van der Waals surface area contributed by atoms with Crippen LogP contribution in [-0.4, -0.2) is 51.6 Å². The molecule has 0 aliphatic carbocycles. The smallest absolute Gasteiger partial charge is 0.408 e. The minimum atomic E-state index is -3.30. The van der Waals surface area contributed by atoms with Crippen molar-refractivity contribution in [1.29, 1.82) is 0 Å². The van der Waals surface area contributed by atoms with Gasteiger partial charge in [-0.3, -0.25) is 4.79 Å². The van der Waals surface area contributed by atoms with E-state index >= 15 is 0 Å². The van der Waals surface area contributed by atoms with E-state index in [-0.39, 0.29) is 18.8 Å². The van der Waals surface area contributed by atoms with Crippen LogP contribution < -0.4 is 15.4 Å². The Balaban J connectivity index is 1.84. The number of carbonyl (C=O) groups is 2. The maximum absolute atomic E-state index is 12.7. The highest BCUT2D eigenvalue weighted by Crippen LogP contribution is 2.13. The fourth-order valence-corrected chi connectivity index (χ4v) is 3.71. The van der Waals surface area contributed by atoms with Gasteiger partial charge in [0.2, 0.25) is 5.91 Å². The van der Waals surface area contributed by atoms with E-state index in [2.05, 4.69) is 17.6 Å². The Morgan fingerprint density at radius 3 is 2.35 bits per heavy atom. The fraction of sp³-hybridized carbons (Fsp3) is 0.440. The Kier molecular flexibility index (Phi) is 11.4. The molecule has 2 amide bonds. The minimum Gasteiger partial charge on any atom is -0.494 e. The van der Waals surface area contributed by atoms with Gasteiger partial charge in [0.1, 0.15) is 28.2 Å². The summed E-state index contributed by atoms with van der Waals surface area (Å²) < 4.78 is 34.0. The third-order valence-electron chi connectivity index (χ3n) is 5.00. The molecule has 2 aromatic rings. The van der Waals surface area contributed by atoms with Crippen LogP contribution in [0.15, 0.2) is 54.6 Å². The van der Waals surface area contributed by atoms with Crippen LogP contribution in [-0.2, 0) is 32.4 Å². The van der Waals surface area contributed by atoms with E-state index in [4.69, 9.17) is 9.47 Å². The molecular formula is C25H34N2O6S. The molecule has 0 aromatic heterocycles. The van der Waals surface area contributed by atoms with E-state index in [9.17, 15) is 18.0 Å². The lowest BCUT2D eigenvalue weighted by atomic mass is 10.1. The molecule has 0 bridgehead atoms. The number of carbonyl (C=O) groups excluding carboxylic acids is 2. The lowest BCUT2D eigenvalue weighted by molar-refractivity contribution is -0.123. The van der Waals surface area contributed by atoms with Gasteiger partial charge in [-0.1, -0.05) is 55.8 Å². The lowest BCUT2D eigenvalue weighted by Gasteiger charge is -2.18. The van der Waals surface area contributed by atoms with Crippen molar-refractivity contribution in [1.82, 2.24) is 10.6 Å². The number of sulfone groups is 1. The van der Waals surface area contributed by atoms with Crippen molar-refractivity contribution in [2.24, 2.45) is 0 Å². The summed E-state index contributed by atoms with van der Waals surface area (Å²) in [4.78, 5) is 24.9. The molecule has 2 N–H and O–H groups in total. The first-order valence-electron chi connectivity index (χ1n) is 11.4. The average Bonchev–Trinajstić information content (AvgIpc) is 2.81. The molecule has 2 rings (SSSR count). The van der Waals surface area contributed by atoms with Gasteiger partial charge in [0, 0.05) is 12.8 Å². The van der Waals surface area contributed by atoms with Crippen LogP contribution in [0.5, 0.6) is 5.75 Å². The molecule has 0 heterocycles. The molecule has 0 radical (unpaired) electrons. The highest BCUT2D eigenvalue weighted by Gasteiger charge is 2.23. The molecule has 0 aliphatic rings. The summed E-state index contributed by atoms with van der Waals surface area (Å²) in [5.74, 6) is 0.115. The average molecular weight is 491 g/mol. The topological polar surface area (TPSA) is 111 Å². The first-order chi connectivity index (χ1) is 16.3. The van der Waals surface area contributed by atoms with Crippen LogP contribution in [0.25, 0.3) is 0 Å². The third-order valence-corrected chi connectivity index (χ3v) is 5.98. The van der Waals surface area contributed by atoms with Crippen LogP contribution in [0.3, 0.4) is 0 Å². The molecule has 0 saturated carbocycles. The summed E-state index contributed by atoms with van der Waals surface area (Å²) >= 11 is 0. The van der Waals surface area contributed by atoms with Crippen molar-refractivity contribution in [3.05, 3.63) is 65.7 Å². The summed E-state index contributed by atoms with van der Waals surface area (Å²) in [7, 11) is -3.30. The van der Waals surface area contributed by atoms with E-state index in [0.29, 0.717) is 19.6 Å². The number of hydrogen-bond acceptors (Lipinski definition) is 6. The van der Waals surface area contributed by atoms with Gasteiger partial charge in [0.25, 0.3) is 0 Å². The van der Waals surface area contributed by atoms with Gasteiger partial charge in [-0.05, 0) is 42.5 Å². The largest absolute Gasteiger partial charge is 0.494 e. The normalized spacial score (nSPS) is 11.9. The molecule has 186 valence electrons. The number of alkyl carbamates (subject to hydrolysis) is 1. The number of rotatable bonds is 14. The van der Waals surface area contributed by atoms with Crippen LogP contribution in [0.2, 0.25) is 0 Å². The molecule has 1 atom stereocenters. The number of unbranched alkanes of at least 4 members (excludes halogenated alkanes) is 1. The van der Waals surface area contributed by atoms with Crippen molar-refractivity contribution in [3.63, 3.8) is 0 Å². The summed E-state index contributed by atoms with van der Waals surface area (Å²) in [6.07, 6.45) is 2.92. The van der Waals surface area contributed by atoms with Gasteiger partial charge in [-0.25, -0.2) is 13.2 Å². The molecular weight excluding hydrogens is 456 g/mol. The zero-order chi connectivity index (χ0) is 24.8. The Morgan fingerprint density at radius 2 is 1.71 bits per heavy atom. The molecule has 0 fully saturated rings. The van der Waals surface area contributed by atoms with E-state index in [1.165, 1.54) is 0 Å². The summed E-state index contributed by atoms with van der Waals surface area (Å²) in [5.41, 5.74) is 1.82. The number of nitrogens with one attached hydrogen (secondary N) is 2. The second-order valence-corrected chi connectivity index (χ2v) is 10.3. The molecule has 0 saturated heterocycles. The molecule has 2 aromatic carbocycles. The van der Waals surface area contributed by atoms with Crippen LogP contribution in [0, 0.1) is 0 Å². The van der Waals surface area contributed by atoms with Gasteiger partial charge >= 0.3 is 6.09 Å². The number of hydrogen-bond donors (Lipinski definition) is 2. The zero-order valence-electron chi connectivity index (χ0n) is 19.8. The highest BCUT2D eigenvalue weighted by atomic mass is 32.2. The van der Waals surface area contributed by atoms with E-state index in [0.717, 1.165) is 36.0 Å². The highest BCUT2D eigenvalue weighted by molar-refractivity contribution is 7.90. The lowest BCUT2D eigenvalue weighted by Crippen LogP contribution is -2.48. The van der Waals surface area contributed by atoms with Crippen LogP contribution in [0.1, 0.15) is 37.3 Å². The van der Waals surface area contributed by atoms with Gasteiger partial charge in [-0.2, -0.15) is 0 Å². The van der Waals surface area contributed by atoms with Gasteiger partial charge in [0.05, 0.1) is 12.4 Å². The standard InChI is InChI=1S/C25H34N2O6S/c1-3-4-17-32-22-12-10-20(11-13-22)14-16-26-24(28)23(15-18-34(2,30)31)27-25(29)33-19-21-8-6-5-7-9-21/h5-13,23H,3-4,14-19H2,1-2H3,(H,26,28)(H,27,29). The maximum Gasteiger partial charge on any atom is 0.408 e. The Morgan fingerprint density at radius 1 is 1.00 bits per heavy atom. The van der Waals surface area contributed by atoms with Crippen molar-refractivity contribution in [3.8, 4) is 5.75 Å². The number of benzene rings is 2. The monoisotopic (exact) mass is 490 g/mol. The molecule has 9 heteroatoms. The third kappa shape index (κ3) is 11.2. The Labute approximate surface area is 202 Å².